The molecule has 0 aliphatic rings. The molecule has 0 unspecified atom stereocenters. The third-order valence-corrected chi connectivity index (χ3v) is 4.06. The van der Waals surface area contributed by atoms with Gasteiger partial charge in [-0.3, -0.25) is 0 Å². The Kier molecular flexibility index (Phi) is 6.71. The minimum atomic E-state index is -4.57. The molecular formula is C20H24F3N3O. The molecule has 2 amide bonds. The lowest BCUT2D eigenvalue weighted by Crippen LogP contribution is -2.35. The highest BCUT2D eigenvalue weighted by Crippen LogP contribution is 2.37. The molecule has 0 aliphatic heterocycles. The molecule has 0 fully saturated rings. The molecule has 0 aromatic heterocycles. The van der Waals surface area contributed by atoms with Gasteiger partial charge in [-0.05, 0) is 30.2 Å². The average molecular weight is 379 g/mol. The summed E-state index contributed by atoms with van der Waals surface area (Å²) in [7, 11) is 3.33. The Morgan fingerprint density at radius 1 is 1.07 bits per heavy atom. The number of amides is 2. The molecule has 0 saturated carbocycles. The van der Waals surface area contributed by atoms with Gasteiger partial charge in [0.15, 0.2) is 0 Å². The van der Waals surface area contributed by atoms with Gasteiger partial charge in [0.1, 0.15) is 0 Å². The summed E-state index contributed by atoms with van der Waals surface area (Å²) in [6.45, 7) is 2.69. The van der Waals surface area contributed by atoms with Gasteiger partial charge < -0.3 is 15.1 Å². The van der Waals surface area contributed by atoms with Gasteiger partial charge in [-0.1, -0.05) is 37.3 Å². The zero-order chi connectivity index (χ0) is 20.0. The first kappa shape index (κ1) is 20.6. The number of alkyl halides is 3. The second-order valence-corrected chi connectivity index (χ2v) is 6.46. The second-order valence-electron chi connectivity index (χ2n) is 6.46. The Morgan fingerprint density at radius 3 is 2.30 bits per heavy atom. The monoisotopic (exact) mass is 379 g/mol. The van der Waals surface area contributed by atoms with E-state index in [0.29, 0.717) is 25.2 Å². The predicted octanol–water partition coefficient (Wildman–Crippen LogP) is 5.22. The lowest BCUT2D eigenvalue weighted by Gasteiger charge is -2.24. The normalized spacial score (nSPS) is 11.2. The molecule has 146 valence electrons. The topological polar surface area (TPSA) is 35.6 Å². The number of carbonyl (C=O) groups excluding carboxylic acids is 1. The van der Waals surface area contributed by atoms with Crippen LogP contribution in [0.1, 0.15) is 24.5 Å². The summed E-state index contributed by atoms with van der Waals surface area (Å²) in [4.78, 5) is 15.7. The van der Waals surface area contributed by atoms with Crippen molar-refractivity contribution in [3.8, 4) is 0 Å². The number of nitrogens with zero attached hydrogens (tertiary/aromatic N) is 2. The van der Waals surface area contributed by atoms with Gasteiger partial charge in [-0.15, -0.1) is 0 Å². The molecule has 0 bridgehead atoms. The van der Waals surface area contributed by atoms with Crippen LogP contribution in [0.2, 0.25) is 0 Å². The summed E-state index contributed by atoms with van der Waals surface area (Å²) in [5, 5.41) is 2.44. The summed E-state index contributed by atoms with van der Waals surface area (Å²) in [6.07, 6.45) is -3.87. The third kappa shape index (κ3) is 5.64. The molecule has 0 radical (unpaired) electrons. The van der Waals surface area contributed by atoms with E-state index in [0.717, 1.165) is 11.6 Å². The van der Waals surface area contributed by atoms with Crippen LogP contribution in [0, 0.1) is 0 Å². The molecule has 7 heteroatoms. The van der Waals surface area contributed by atoms with Crippen molar-refractivity contribution in [3.63, 3.8) is 0 Å². The number of halogens is 3. The maximum atomic E-state index is 13.5. The van der Waals surface area contributed by atoms with Crippen LogP contribution in [0.4, 0.5) is 29.3 Å². The molecule has 0 heterocycles. The highest BCUT2D eigenvalue weighted by molar-refractivity contribution is 5.90. The molecule has 4 nitrogen and oxygen atoms in total. The van der Waals surface area contributed by atoms with Crippen LogP contribution in [0.25, 0.3) is 0 Å². The van der Waals surface area contributed by atoms with E-state index in [-0.39, 0.29) is 5.69 Å². The van der Waals surface area contributed by atoms with Crippen molar-refractivity contribution < 1.29 is 18.0 Å². The number of hydrogen-bond donors (Lipinski definition) is 1. The molecule has 2 rings (SSSR count). The van der Waals surface area contributed by atoms with Crippen molar-refractivity contribution in [1.29, 1.82) is 0 Å². The number of carbonyl (C=O) groups is 1. The summed E-state index contributed by atoms with van der Waals surface area (Å²) in [5.74, 6) is 0. The molecule has 2 aromatic rings. The average Bonchev–Trinajstić information content (AvgIpc) is 2.61. The standard InChI is InChI=1S/C20H24F3N3O/c1-4-12-26(14-15-8-6-5-7-9-15)19(27)24-18-11-10-16(25(2)3)13-17(18)20(21,22)23/h5-11,13H,4,12,14H2,1-3H3,(H,24,27). The van der Waals surface area contributed by atoms with Crippen LogP contribution in [-0.2, 0) is 12.7 Å². The zero-order valence-electron chi connectivity index (χ0n) is 15.7. The van der Waals surface area contributed by atoms with Gasteiger partial charge in [0, 0.05) is 32.9 Å². The zero-order valence-corrected chi connectivity index (χ0v) is 15.7. The van der Waals surface area contributed by atoms with Gasteiger partial charge in [-0.2, -0.15) is 13.2 Å². The van der Waals surface area contributed by atoms with E-state index in [2.05, 4.69) is 5.32 Å². The van der Waals surface area contributed by atoms with Crippen LogP contribution in [-0.4, -0.2) is 31.6 Å². The fourth-order valence-electron chi connectivity index (χ4n) is 2.67. The Balaban J connectivity index is 2.26. The Bertz CT molecular complexity index is 761. The highest BCUT2D eigenvalue weighted by Gasteiger charge is 2.34. The first-order valence-corrected chi connectivity index (χ1v) is 8.70. The minimum Gasteiger partial charge on any atom is -0.378 e. The third-order valence-electron chi connectivity index (χ3n) is 4.06. The van der Waals surface area contributed by atoms with Crippen molar-refractivity contribution in [2.24, 2.45) is 0 Å². The molecule has 1 N–H and O–H groups in total. The smallest absolute Gasteiger partial charge is 0.378 e. The molecule has 27 heavy (non-hydrogen) atoms. The fraction of sp³-hybridized carbons (Fsp3) is 0.350. The Morgan fingerprint density at radius 2 is 1.74 bits per heavy atom. The van der Waals surface area contributed by atoms with Gasteiger partial charge in [0.25, 0.3) is 0 Å². The first-order chi connectivity index (χ1) is 12.7. The van der Waals surface area contributed by atoms with E-state index in [1.165, 1.54) is 11.0 Å². The van der Waals surface area contributed by atoms with Crippen molar-refractivity contribution >= 4 is 17.4 Å². The van der Waals surface area contributed by atoms with Crippen LogP contribution < -0.4 is 10.2 Å². The number of benzene rings is 2. The van der Waals surface area contributed by atoms with Crippen molar-refractivity contribution in [2.75, 3.05) is 30.9 Å². The summed E-state index contributed by atoms with van der Waals surface area (Å²) >= 11 is 0. The lowest BCUT2D eigenvalue weighted by atomic mass is 10.1. The van der Waals surface area contributed by atoms with Crippen LogP contribution in [0.15, 0.2) is 48.5 Å². The Hall–Kier alpha value is -2.70. The molecule has 0 aliphatic carbocycles. The molecular weight excluding hydrogens is 355 g/mol. The Labute approximate surface area is 157 Å². The number of rotatable bonds is 6. The van der Waals surface area contributed by atoms with Gasteiger partial charge in [-0.25, -0.2) is 4.79 Å². The van der Waals surface area contributed by atoms with Crippen LogP contribution in [0.5, 0.6) is 0 Å². The predicted molar refractivity (Wildman–Crippen MR) is 102 cm³/mol. The van der Waals surface area contributed by atoms with Gasteiger partial charge in [0.2, 0.25) is 0 Å². The lowest BCUT2D eigenvalue weighted by molar-refractivity contribution is -0.136. The van der Waals surface area contributed by atoms with E-state index in [1.807, 2.05) is 37.3 Å². The number of anilines is 2. The van der Waals surface area contributed by atoms with Gasteiger partial charge >= 0.3 is 12.2 Å². The van der Waals surface area contributed by atoms with E-state index >= 15 is 0 Å². The summed E-state index contributed by atoms with van der Waals surface area (Å²) < 4.78 is 40.4. The minimum absolute atomic E-state index is 0.243. The maximum absolute atomic E-state index is 13.5. The molecule has 0 saturated heterocycles. The van der Waals surface area contributed by atoms with Crippen LogP contribution in [0.3, 0.4) is 0 Å². The second kappa shape index (κ2) is 8.79. The quantitative estimate of drug-likeness (QED) is 0.747. The van der Waals surface area contributed by atoms with Crippen molar-refractivity contribution in [3.05, 3.63) is 59.7 Å². The number of nitrogens with one attached hydrogen (secondary N) is 1. The van der Waals surface area contributed by atoms with Crippen molar-refractivity contribution in [1.82, 2.24) is 4.90 Å². The molecule has 2 aromatic carbocycles. The van der Waals surface area contributed by atoms with Crippen LogP contribution >= 0.6 is 0 Å². The fourth-order valence-corrected chi connectivity index (χ4v) is 2.67. The molecule has 0 atom stereocenters. The van der Waals surface area contributed by atoms with E-state index in [4.69, 9.17) is 0 Å². The summed E-state index contributed by atoms with van der Waals surface area (Å²) in [6, 6.07) is 12.7. The SMILES string of the molecule is CCCN(Cc1ccccc1)C(=O)Nc1ccc(N(C)C)cc1C(F)(F)F. The molecule has 0 spiro atoms. The van der Waals surface area contributed by atoms with E-state index in [1.54, 1.807) is 25.1 Å². The number of hydrogen-bond acceptors (Lipinski definition) is 2. The van der Waals surface area contributed by atoms with Gasteiger partial charge in [0.05, 0.1) is 11.3 Å². The van der Waals surface area contributed by atoms with E-state index in [9.17, 15) is 18.0 Å². The maximum Gasteiger partial charge on any atom is 0.418 e. The number of urea groups is 1. The summed E-state index contributed by atoms with van der Waals surface area (Å²) in [5.41, 5.74) is 0.223. The largest absolute Gasteiger partial charge is 0.418 e. The highest BCUT2D eigenvalue weighted by atomic mass is 19.4. The first-order valence-electron chi connectivity index (χ1n) is 8.70. The van der Waals surface area contributed by atoms with E-state index < -0.39 is 17.8 Å². The van der Waals surface area contributed by atoms with Crippen molar-refractivity contribution in [2.45, 2.75) is 26.1 Å².